The fraction of sp³-hybridized carbons (Fsp3) is 0.536. The lowest BCUT2D eigenvalue weighted by Crippen LogP contribution is -2.50. The molecule has 2 unspecified atom stereocenters. The highest BCUT2D eigenvalue weighted by molar-refractivity contribution is 5.98. The van der Waals surface area contributed by atoms with Crippen LogP contribution in [0.1, 0.15) is 50.4 Å². The maximum absolute atomic E-state index is 15.0. The summed E-state index contributed by atoms with van der Waals surface area (Å²) in [6.45, 7) is 7.02. The van der Waals surface area contributed by atoms with Crippen LogP contribution < -0.4 is 4.74 Å². The van der Waals surface area contributed by atoms with Gasteiger partial charge in [-0.1, -0.05) is 6.07 Å². The van der Waals surface area contributed by atoms with Crippen LogP contribution in [0.3, 0.4) is 0 Å². The molecule has 206 valence electrons. The van der Waals surface area contributed by atoms with E-state index in [9.17, 15) is 28.6 Å². The zero-order chi connectivity index (χ0) is 27.7. The number of benzene rings is 1. The smallest absolute Gasteiger partial charge is 0.329 e. The molecule has 2 aliphatic heterocycles. The molecule has 2 fully saturated rings. The van der Waals surface area contributed by atoms with E-state index in [1.54, 1.807) is 38.2 Å². The molecule has 4 rings (SSSR count). The Morgan fingerprint density at radius 1 is 1.21 bits per heavy atom. The van der Waals surface area contributed by atoms with Gasteiger partial charge < -0.3 is 24.7 Å². The molecule has 3 heterocycles. The number of likely N-dealkylation sites (tertiary alicyclic amines) is 2. The lowest BCUT2D eigenvalue weighted by atomic mass is 9.97. The Hall–Kier alpha value is -3.11. The van der Waals surface area contributed by atoms with Crippen LogP contribution in [0.25, 0.3) is 11.3 Å². The molecule has 0 aliphatic carbocycles. The second-order valence-corrected chi connectivity index (χ2v) is 11.2. The molecular formula is C28H35F2N3O5. The van der Waals surface area contributed by atoms with E-state index in [0.29, 0.717) is 36.1 Å². The fourth-order valence-corrected chi connectivity index (χ4v) is 5.24. The van der Waals surface area contributed by atoms with E-state index in [1.165, 1.54) is 19.1 Å². The molecule has 2 atom stereocenters. The molecule has 0 spiro atoms. The molecule has 2 N–H and O–H groups in total. The number of aliphatic hydroxyl groups is 1. The fourth-order valence-electron chi connectivity index (χ4n) is 5.24. The third-order valence-electron chi connectivity index (χ3n) is 7.35. The molecular weight excluding hydrogens is 496 g/mol. The summed E-state index contributed by atoms with van der Waals surface area (Å²) in [4.78, 5) is 32.2. The number of amides is 1. The number of carbonyl (C=O) groups excluding carboxylic acids is 1. The Kier molecular flexibility index (Phi) is 8.04. The minimum Gasteiger partial charge on any atom is -0.492 e. The van der Waals surface area contributed by atoms with Gasteiger partial charge in [-0.2, -0.15) is 0 Å². The molecule has 2 aromatic rings. The minimum atomic E-state index is -1.61. The number of aliphatic hydroxyl groups excluding tert-OH is 1. The molecule has 1 amide bonds. The molecule has 0 bridgehead atoms. The Morgan fingerprint density at radius 2 is 1.92 bits per heavy atom. The number of carboxylic acids is 1. The van der Waals surface area contributed by atoms with Gasteiger partial charge in [0.05, 0.1) is 30.2 Å². The predicted molar refractivity (Wildman–Crippen MR) is 137 cm³/mol. The van der Waals surface area contributed by atoms with Gasteiger partial charge in [-0.15, -0.1) is 0 Å². The van der Waals surface area contributed by atoms with Gasteiger partial charge in [0.15, 0.2) is 0 Å². The van der Waals surface area contributed by atoms with E-state index >= 15 is 0 Å². The zero-order valence-corrected chi connectivity index (χ0v) is 22.0. The molecule has 2 aliphatic rings. The molecule has 38 heavy (non-hydrogen) atoms. The van der Waals surface area contributed by atoms with E-state index in [-0.39, 0.29) is 18.5 Å². The quantitative estimate of drug-likeness (QED) is 0.535. The number of piperidine rings is 1. The van der Waals surface area contributed by atoms with Crippen molar-refractivity contribution >= 4 is 11.9 Å². The summed E-state index contributed by atoms with van der Waals surface area (Å²) >= 11 is 0. The number of aliphatic carboxylic acids is 1. The van der Waals surface area contributed by atoms with Crippen molar-refractivity contribution in [3.63, 3.8) is 0 Å². The van der Waals surface area contributed by atoms with Crippen molar-refractivity contribution in [1.29, 1.82) is 0 Å². The molecule has 8 nitrogen and oxygen atoms in total. The Bertz CT molecular complexity index is 1160. The number of rotatable bonds is 8. The molecule has 0 saturated carbocycles. The number of ether oxygens (including phenoxy) is 1. The second-order valence-electron chi connectivity index (χ2n) is 11.2. The standard InChI is InChI=1S/C28H35F2N3O5/c1-27(2,30)17-32-10-8-18(9-11-32)16-38-21-5-7-24(31-14-21)19-4-6-22(23(29)12-19)25(35)33-15-20(34)13-28(33,3)26(36)37/h4-7,12,14,18,20,34H,8-11,13,15-17H2,1-3H3,(H,36,37). The number of aromatic nitrogens is 1. The summed E-state index contributed by atoms with van der Waals surface area (Å²) in [5, 5.41) is 19.5. The van der Waals surface area contributed by atoms with Crippen LogP contribution >= 0.6 is 0 Å². The summed E-state index contributed by atoms with van der Waals surface area (Å²) in [5.74, 6) is -1.86. The van der Waals surface area contributed by atoms with Gasteiger partial charge >= 0.3 is 5.97 Å². The molecule has 1 aromatic carbocycles. The van der Waals surface area contributed by atoms with Gasteiger partial charge in [-0.05, 0) is 76.9 Å². The van der Waals surface area contributed by atoms with Crippen LogP contribution in [-0.2, 0) is 4.79 Å². The summed E-state index contributed by atoms with van der Waals surface area (Å²) in [7, 11) is 0. The molecule has 1 aromatic heterocycles. The van der Waals surface area contributed by atoms with E-state index < -0.39 is 35.0 Å². The summed E-state index contributed by atoms with van der Waals surface area (Å²) in [6, 6.07) is 7.51. The first-order valence-corrected chi connectivity index (χ1v) is 12.9. The zero-order valence-electron chi connectivity index (χ0n) is 22.0. The van der Waals surface area contributed by atoms with Crippen molar-refractivity contribution in [3.05, 3.63) is 47.9 Å². The van der Waals surface area contributed by atoms with Crippen molar-refractivity contribution in [1.82, 2.24) is 14.8 Å². The van der Waals surface area contributed by atoms with E-state index in [4.69, 9.17) is 4.74 Å². The number of halogens is 2. The highest BCUT2D eigenvalue weighted by atomic mass is 19.1. The van der Waals surface area contributed by atoms with Crippen molar-refractivity contribution in [2.45, 2.75) is 57.3 Å². The highest BCUT2D eigenvalue weighted by Gasteiger charge is 2.50. The van der Waals surface area contributed by atoms with Gasteiger partial charge in [-0.3, -0.25) is 9.78 Å². The number of hydrogen-bond donors (Lipinski definition) is 2. The summed E-state index contributed by atoms with van der Waals surface area (Å²) in [6.07, 6.45) is 2.33. The van der Waals surface area contributed by atoms with E-state index in [1.807, 2.05) is 0 Å². The first kappa shape index (κ1) is 27.9. The normalized spacial score (nSPS) is 23.0. The monoisotopic (exact) mass is 531 g/mol. The number of alkyl halides is 1. The SMILES string of the molecule is CC(C)(F)CN1CCC(COc2ccc(-c3ccc(C(=O)N4CC(O)CC4(C)C(=O)O)c(F)c3)nc2)CC1. The van der Waals surface area contributed by atoms with Crippen LogP contribution in [0, 0.1) is 11.7 Å². The highest BCUT2D eigenvalue weighted by Crippen LogP contribution is 2.32. The van der Waals surface area contributed by atoms with E-state index in [2.05, 4.69) is 9.88 Å². The number of hydrogen-bond acceptors (Lipinski definition) is 6. The summed E-state index contributed by atoms with van der Waals surface area (Å²) in [5.41, 5.74) is -2.13. The molecule has 2 saturated heterocycles. The van der Waals surface area contributed by atoms with Gasteiger partial charge in [0.2, 0.25) is 0 Å². The van der Waals surface area contributed by atoms with Gasteiger partial charge in [-0.25, -0.2) is 13.6 Å². The number of carboxylic acid groups (broad SMARTS) is 1. The number of pyridine rings is 1. The van der Waals surface area contributed by atoms with Crippen molar-refractivity contribution in [2.24, 2.45) is 5.92 Å². The number of carbonyl (C=O) groups is 2. The Balaban J connectivity index is 1.35. The van der Waals surface area contributed by atoms with Crippen LogP contribution in [0.15, 0.2) is 36.5 Å². The van der Waals surface area contributed by atoms with Crippen LogP contribution in [0.5, 0.6) is 5.75 Å². The van der Waals surface area contributed by atoms with Crippen molar-refractivity contribution < 1.29 is 33.3 Å². The first-order chi connectivity index (χ1) is 17.9. The lowest BCUT2D eigenvalue weighted by Gasteiger charge is -2.34. The van der Waals surface area contributed by atoms with Crippen molar-refractivity contribution in [2.75, 3.05) is 32.8 Å². The Labute approximate surface area is 221 Å². The van der Waals surface area contributed by atoms with E-state index in [0.717, 1.165) is 30.8 Å². The largest absolute Gasteiger partial charge is 0.492 e. The third-order valence-corrected chi connectivity index (χ3v) is 7.35. The topological polar surface area (TPSA) is 103 Å². The third kappa shape index (κ3) is 6.30. The van der Waals surface area contributed by atoms with Crippen LogP contribution in [-0.4, -0.2) is 87.0 Å². The maximum atomic E-state index is 15.0. The van der Waals surface area contributed by atoms with Gasteiger partial charge in [0, 0.05) is 25.1 Å². The lowest BCUT2D eigenvalue weighted by molar-refractivity contribution is -0.147. The average molecular weight is 532 g/mol. The second kappa shape index (κ2) is 10.9. The first-order valence-electron chi connectivity index (χ1n) is 12.9. The Morgan fingerprint density at radius 3 is 2.50 bits per heavy atom. The van der Waals surface area contributed by atoms with Gasteiger partial charge in [0.25, 0.3) is 5.91 Å². The average Bonchev–Trinajstić information content (AvgIpc) is 3.18. The molecule has 0 radical (unpaired) electrons. The van der Waals surface area contributed by atoms with Crippen LogP contribution in [0.2, 0.25) is 0 Å². The summed E-state index contributed by atoms with van der Waals surface area (Å²) < 4.78 is 34.7. The molecule has 10 heteroatoms. The minimum absolute atomic E-state index is 0.122. The predicted octanol–water partition coefficient (Wildman–Crippen LogP) is 3.78. The van der Waals surface area contributed by atoms with Crippen molar-refractivity contribution in [3.8, 4) is 17.0 Å². The van der Waals surface area contributed by atoms with Gasteiger partial charge in [0.1, 0.15) is 22.8 Å². The van der Waals surface area contributed by atoms with Crippen LogP contribution in [0.4, 0.5) is 8.78 Å². The number of β-amino-alcohol motifs (C(OH)–C–C–N with tert-alkyl or cyclic N) is 1. The maximum Gasteiger partial charge on any atom is 0.329 e. The number of nitrogens with zero attached hydrogens (tertiary/aromatic N) is 3.